The molecule has 0 radical (unpaired) electrons. The monoisotopic (exact) mass is 189 g/mol. The van der Waals surface area contributed by atoms with Crippen LogP contribution in [0.3, 0.4) is 0 Å². The maximum Gasteiger partial charge on any atom is 0.276 e. The molecule has 2 aromatic rings. The minimum absolute atomic E-state index is 0.228. The predicted octanol–water partition coefficient (Wildman–Crippen LogP) is 0.494. The Labute approximate surface area is 79.5 Å². The Bertz CT molecular complexity index is 399. The quantitative estimate of drug-likeness (QED) is 0.713. The van der Waals surface area contributed by atoms with E-state index in [1.54, 1.807) is 12.1 Å². The molecule has 1 heterocycles. The second-order valence-electron chi connectivity index (χ2n) is 2.52. The SMILES string of the molecule is O=CN(c1ccccc1)c1nn[nH]n1. The average Bonchev–Trinajstić information content (AvgIpc) is 2.74. The van der Waals surface area contributed by atoms with Gasteiger partial charge in [-0.25, -0.2) is 4.90 Å². The molecule has 14 heavy (non-hydrogen) atoms. The van der Waals surface area contributed by atoms with Gasteiger partial charge in [0, 0.05) is 0 Å². The summed E-state index contributed by atoms with van der Waals surface area (Å²) < 4.78 is 0. The average molecular weight is 189 g/mol. The Balaban J connectivity index is 2.36. The highest BCUT2D eigenvalue weighted by Gasteiger charge is 2.10. The zero-order chi connectivity index (χ0) is 9.80. The van der Waals surface area contributed by atoms with Gasteiger partial charge in [0.05, 0.1) is 5.69 Å². The van der Waals surface area contributed by atoms with Crippen LogP contribution in [0.2, 0.25) is 0 Å². The summed E-state index contributed by atoms with van der Waals surface area (Å²) in [4.78, 5) is 12.1. The molecule has 1 aromatic heterocycles. The molecule has 0 fully saturated rings. The number of rotatable bonds is 3. The van der Waals surface area contributed by atoms with E-state index in [0.717, 1.165) is 0 Å². The fraction of sp³-hybridized carbons (Fsp3) is 0. The molecular formula is C8H7N5O. The lowest BCUT2D eigenvalue weighted by Gasteiger charge is -2.11. The van der Waals surface area contributed by atoms with E-state index in [-0.39, 0.29) is 5.95 Å². The van der Waals surface area contributed by atoms with Gasteiger partial charge < -0.3 is 0 Å². The lowest BCUT2D eigenvalue weighted by Crippen LogP contribution is -2.15. The molecule has 0 bridgehead atoms. The molecule has 0 spiro atoms. The van der Waals surface area contributed by atoms with Gasteiger partial charge in [0.2, 0.25) is 6.41 Å². The first kappa shape index (κ1) is 8.36. The molecule has 1 amide bonds. The Morgan fingerprint density at radius 2 is 2.07 bits per heavy atom. The normalized spacial score (nSPS) is 9.71. The van der Waals surface area contributed by atoms with Crippen molar-refractivity contribution in [1.29, 1.82) is 0 Å². The number of carbonyl (C=O) groups excluding carboxylic acids is 1. The van der Waals surface area contributed by atoms with Gasteiger partial charge in [-0.1, -0.05) is 23.3 Å². The molecule has 0 saturated carbocycles. The Hall–Kier alpha value is -2.24. The van der Waals surface area contributed by atoms with E-state index >= 15 is 0 Å². The van der Waals surface area contributed by atoms with Crippen molar-refractivity contribution >= 4 is 18.0 Å². The van der Waals surface area contributed by atoms with Crippen LogP contribution in [0, 0.1) is 0 Å². The number of para-hydroxylation sites is 1. The number of nitrogens with zero attached hydrogens (tertiary/aromatic N) is 4. The number of tetrazole rings is 1. The van der Waals surface area contributed by atoms with E-state index in [0.29, 0.717) is 12.1 Å². The van der Waals surface area contributed by atoms with E-state index in [9.17, 15) is 4.79 Å². The van der Waals surface area contributed by atoms with Gasteiger partial charge in [0.1, 0.15) is 0 Å². The molecule has 6 heteroatoms. The van der Waals surface area contributed by atoms with Crippen molar-refractivity contribution in [3.05, 3.63) is 30.3 Å². The standard InChI is InChI=1S/C8H7N5O/c14-6-13(8-9-11-12-10-8)7-4-2-1-3-5-7/h1-6H,(H,9,10,11,12). The summed E-state index contributed by atoms with van der Waals surface area (Å²) in [6.45, 7) is 0. The lowest BCUT2D eigenvalue weighted by molar-refractivity contribution is -0.106. The van der Waals surface area contributed by atoms with E-state index in [1.807, 2.05) is 18.2 Å². The Kier molecular flexibility index (Phi) is 2.18. The molecule has 0 aliphatic carbocycles. The van der Waals surface area contributed by atoms with E-state index in [4.69, 9.17) is 0 Å². The number of carbonyl (C=O) groups is 1. The number of nitrogens with one attached hydrogen (secondary N) is 1. The smallest absolute Gasteiger partial charge is 0.276 e. The van der Waals surface area contributed by atoms with Gasteiger partial charge in [0.15, 0.2) is 0 Å². The molecule has 0 unspecified atom stereocenters. The summed E-state index contributed by atoms with van der Waals surface area (Å²) in [5.74, 6) is 0.228. The third-order valence-corrected chi connectivity index (χ3v) is 1.69. The summed E-state index contributed by atoms with van der Waals surface area (Å²) >= 11 is 0. The van der Waals surface area contributed by atoms with Crippen molar-refractivity contribution in [2.24, 2.45) is 0 Å². The van der Waals surface area contributed by atoms with Crippen LogP contribution < -0.4 is 4.90 Å². The van der Waals surface area contributed by atoms with E-state index < -0.39 is 0 Å². The van der Waals surface area contributed by atoms with Gasteiger partial charge >= 0.3 is 0 Å². The number of aromatic amines is 1. The molecule has 1 N–H and O–H groups in total. The third kappa shape index (κ3) is 1.45. The number of amides is 1. The summed E-state index contributed by atoms with van der Waals surface area (Å²) in [7, 11) is 0. The van der Waals surface area contributed by atoms with Crippen LogP contribution in [-0.2, 0) is 4.79 Å². The molecule has 0 aliphatic heterocycles. The molecule has 2 rings (SSSR count). The fourth-order valence-corrected chi connectivity index (χ4v) is 1.07. The van der Waals surface area contributed by atoms with Gasteiger partial charge in [-0.05, 0) is 17.3 Å². The predicted molar refractivity (Wildman–Crippen MR) is 48.8 cm³/mol. The Morgan fingerprint density at radius 1 is 1.29 bits per heavy atom. The number of hydrogen-bond acceptors (Lipinski definition) is 4. The number of H-pyrrole nitrogens is 1. The second-order valence-corrected chi connectivity index (χ2v) is 2.52. The first-order chi connectivity index (χ1) is 6.92. The van der Waals surface area contributed by atoms with Crippen molar-refractivity contribution < 1.29 is 4.79 Å². The van der Waals surface area contributed by atoms with Crippen LogP contribution in [0.15, 0.2) is 30.3 Å². The molecule has 0 saturated heterocycles. The topological polar surface area (TPSA) is 74.8 Å². The highest BCUT2D eigenvalue weighted by Crippen LogP contribution is 2.17. The van der Waals surface area contributed by atoms with E-state index in [1.165, 1.54) is 4.90 Å². The van der Waals surface area contributed by atoms with Gasteiger partial charge in [0.25, 0.3) is 5.95 Å². The summed E-state index contributed by atoms with van der Waals surface area (Å²) in [6.07, 6.45) is 0.639. The van der Waals surface area contributed by atoms with Gasteiger partial charge in [-0.2, -0.15) is 5.21 Å². The maximum atomic E-state index is 10.8. The molecular weight excluding hydrogens is 182 g/mol. The molecule has 6 nitrogen and oxygen atoms in total. The van der Waals surface area contributed by atoms with Crippen molar-refractivity contribution in [1.82, 2.24) is 20.6 Å². The minimum Gasteiger partial charge on any atom is -0.278 e. The molecule has 0 aliphatic rings. The first-order valence-electron chi connectivity index (χ1n) is 3.95. The van der Waals surface area contributed by atoms with Crippen molar-refractivity contribution in [3.8, 4) is 0 Å². The zero-order valence-electron chi connectivity index (χ0n) is 7.16. The number of hydrogen-bond donors (Lipinski definition) is 1. The van der Waals surface area contributed by atoms with Crippen LogP contribution in [0.5, 0.6) is 0 Å². The van der Waals surface area contributed by atoms with Crippen LogP contribution >= 0.6 is 0 Å². The molecule has 1 aromatic carbocycles. The molecule has 70 valence electrons. The highest BCUT2D eigenvalue weighted by molar-refractivity contribution is 5.82. The Morgan fingerprint density at radius 3 is 2.64 bits per heavy atom. The van der Waals surface area contributed by atoms with Gasteiger partial charge in [-0.15, -0.1) is 5.10 Å². The van der Waals surface area contributed by atoms with Crippen LogP contribution in [0.4, 0.5) is 11.6 Å². The summed E-state index contributed by atoms with van der Waals surface area (Å²) in [5.41, 5.74) is 0.698. The third-order valence-electron chi connectivity index (χ3n) is 1.69. The van der Waals surface area contributed by atoms with Crippen molar-refractivity contribution in [3.63, 3.8) is 0 Å². The number of anilines is 2. The van der Waals surface area contributed by atoms with Gasteiger partial charge in [-0.3, -0.25) is 4.79 Å². The summed E-state index contributed by atoms with van der Waals surface area (Å²) in [6, 6.07) is 9.08. The van der Waals surface area contributed by atoms with E-state index in [2.05, 4.69) is 20.6 Å². The fourth-order valence-electron chi connectivity index (χ4n) is 1.07. The van der Waals surface area contributed by atoms with Crippen molar-refractivity contribution in [2.45, 2.75) is 0 Å². The molecule has 0 atom stereocenters. The number of aromatic nitrogens is 4. The van der Waals surface area contributed by atoms with Crippen LogP contribution in [-0.4, -0.2) is 27.0 Å². The minimum atomic E-state index is 0.228. The second kappa shape index (κ2) is 3.65. The largest absolute Gasteiger partial charge is 0.278 e. The lowest BCUT2D eigenvalue weighted by atomic mass is 10.3. The zero-order valence-corrected chi connectivity index (χ0v) is 7.16. The highest BCUT2D eigenvalue weighted by atomic mass is 16.1. The summed E-state index contributed by atoms with van der Waals surface area (Å²) in [5, 5.41) is 13.1. The first-order valence-corrected chi connectivity index (χ1v) is 3.95. The maximum absolute atomic E-state index is 10.8. The van der Waals surface area contributed by atoms with Crippen LogP contribution in [0.25, 0.3) is 0 Å². The van der Waals surface area contributed by atoms with Crippen molar-refractivity contribution in [2.75, 3.05) is 4.90 Å². The van der Waals surface area contributed by atoms with Crippen LogP contribution in [0.1, 0.15) is 0 Å². The number of benzene rings is 1.